The number of ether oxygens (including phenoxy) is 1. The Bertz CT molecular complexity index is 283. The van der Waals surface area contributed by atoms with Crippen molar-refractivity contribution in [2.24, 2.45) is 0 Å². The van der Waals surface area contributed by atoms with Gasteiger partial charge in [0.15, 0.2) is 0 Å². The molecule has 0 saturated heterocycles. The maximum atomic E-state index is 9.01. The van der Waals surface area contributed by atoms with Crippen molar-refractivity contribution in [1.29, 1.82) is 0 Å². The third-order valence-corrected chi connectivity index (χ3v) is 2.10. The molecule has 0 aliphatic heterocycles. The number of aliphatic hydroxyl groups excluding tert-OH is 1. The van der Waals surface area contributed by atoms with Crippen molar-refractivity contribution in [1.82, 2.24) is 4.98 Å². The average Bonchev–Trinajstić information content (AvgIpc) is 2.17. The molecule has 0 amide bonds. The third-order valence-electron chi connectivity index (χ3n) is 1.66. The minimum atomic E-state index is -0.123. The zero-order valence-electron chi connectivity index (χ0n) is 7.90. The number of hydrogen-bond donors (Lipinski definition) is 2. The molecule has 4 nitrogen and oxygen atoms in total. The van der Waals surface area contributed by atoms with E-state index in [2.05, 4.69) is 26.2 Å². The molecule has 1 heterocycles. The van der Waals surface area contributed by atoms with Gasteiger partial charge in [0.05, 0.1) is 19.3 Å². The molecule has 0 fully saturated rings. The highest BCUT2D eigenvalue weighted by Gasteiger charge is 2.06. The Morgan fingerprint density at radius 1 is 1.64 bits per heavy atom. The summed E-state index contributed by atoms with van der Waals surface area (Å²) in [5.74, 6) is 0.718. The van der Waals surface area contributed by atoms with E-state index in [1.807, 2.05) is 18.2 Å². The van der Waals surface area contributed by atoms with Crippen molar-refractivity contribution in [2.75, 3.05) is 25.6 Å². The number of aromatic nitrogens is 1. The molecular formula is C9H13BrN2O2. The Morgan fingerprint density at radius 3 is 3.00 bits per heavy atom. The molecular weight excluding hydrogens is 248 g/mol. The number of pyridine rings is 1. The molecule has 1 atom stereocenters. The molecule has 1 aromatic rings. The highest BCUT2D eigenvalue weighted by molar-refractivity contribution is 9.10. The van der Waals surface area contributed by atoms with Crippen LogP contribution in [0.2, 0.25) is 0 Å². The zero-order valence-corrected chi connectivity index (χ0v) is 9.49. The summed E-state index contributed by atoms with van der Waals surface area (Å²) < 4.78 is 5.70. The van der Waals surface area contributed by atoms with Crippen LogP contribution in [0.1, 0.15) is 0 Å². The lowest BCUT2D eigenvalue weighted by molar-refractivity contribution is 0.153. The summed E-state index contributed by atoms with van der Waals surface area (Å²) in [7, 11) is 1.60. The Morgan fingerprint density at radius 2 is 2.43 bits per heavy atom. The lowest BCUT2D eigenvalue weighted by Crippen LogP contribution is -2.29. The highest BCUT2D eigenvalue weighted by Crippen LogP contribution is 2.10. The number of nitrogens with one attached hydrogen (secondary N) is 1. The van der Waals surface area contributed by atoms with Gasteiger partial charge in [-0.3, -0.25) is 0 Å². The first-order valence-corrected chi connectivity index (χ1v) is 5.04. The first-order valence-electron chi connectivity index (χ1n) is 4.25. The molecule has 0 aliphatic rings. The summed E-state index contributed by atoms with van der Waals surface area (Å²) in [5, 5.41) is 12.1. The van der Waals surface area contributed by atoms with Crippen LogP contribution in [0.25, 0.3) is 0 Å². The molecule has 0 bridgehead atoms. The van der Waals surface area contributed by atoms with Gasteiger partial charge < -0.3 is 15.2 Å². The van der Waals surface area contributed by atoms with Crippen LogP contribution in [0.5, 0.6) is 0 Å². The van der Waals surface area contributed by atoms with Crippen LogP contribution in [0.4, 0.5) is 5.82 Å². The molecule has 0 aliphatic carbocycles. The van der Waals surface area contributed by atoms with E-state index in [4.69, 9.17) is 9.84 Å². The summed E-state index contributed by atoms with van der Waals surface area (Å²) in [6.07, 6.45) is 0. The van der Waals surface area contributed by atoms with Gasteiger partial charge in [0.2, 0.25) is 0 Å². The molecule has 0 saturated carbocycles. The molecule has 1 rings (SSSR count). The highest BCUT2D eigenvalue weighted by atomic mass is 79.9. The maximum absolute atomic E-state index is 9.01. The van der Waals surface area contributed by atoms with E-state index in [1.54, 1.807) is 7.11 Å². The van der Waals surface area contributed by atoms with Gasteiger partial charge >= 0.3 is 0 Å². The second kappa shape index (κ2) is 5.95. The zero-order chi connectivity index (χ0) is 10.4. The van der Waals surface area contributed by atoms with Crippen molar-refractivity contribution in [3.8, 4) is 0 Å². The van der Waals surface area contributed by atoms with E-state index in [9.17, 15) is 0 Å². The number of hydrogen-bond acceptors (Lipinski definition) is 4. The van der Waals surface area contributed by atoms with E-state index in [1.165, 1.54) is 0 Å². The minimum Gasteiger partial charge on any atom is -0.394 e. The van der Waals surface area contributed by atoms with Crippen molar-refractivity contribution in [3.05, 3.63) is 22.8 Å². The van der Waals surface area contributed by atoms with Crippen LogP contribution >= 0.6 is 15.9 Å². The number of rotatable bonds is 5. The fourth-order valence-corrected chi connectivity index (χ4v) is 1.38. The first kappa shape index (κ1) is 11.4. The van der Waals surface area contributed by atoms with Crippen LogP contribution in [0, 0.1) is 0 Å². The Kier molecular flexibility index (Phi) is 4.86. The standard InChI is InChI=1S/C9H13BrN2O2/c1-14-6-7(5-13)11-9-4-2-3-8(10)12-9/h2-4,7,13H,5-6H2,1H3,(H,11,12). The van der Waals surface area contributed by atoms with Gasteiger partial charge in [0.1, 0.15) is 10.4 Å². The fraction of sp³-hybridized carbons (Fsp3) is 0.444. The molecule has 5 heteroatoms. The Hall–Kier alpha value is -0.650. The summed E-state index contributed by atoms with van der Waals surface area (Å²) in [6.45, 7) is 0.465. The second-order valence-corrected chi connectivity index (χ2v) is 3.64. The fourth-order valence-electron chi connectivity index (χ4n) is 1.04. The second-order valence-electron chi connectivity index (χ2n) is 2.82. The van der Waals surface area contributed by atoms with E-state index >= 15 is 0 Å². The third kappa shape index (κ3) is 3.61. The van der Waals surface area contributed by atoms with Gasteiger partial charge in [-0.25, -0.2) is 4.98 Å². The average molecular weight is 261 g/mol. The van der Waals surface area contributed by atoms with Crippen molar-refractivity contribution in [2.45, 2.75) is 6.04 Å². The van der Waals surface area contributed by atoms with Gasteiger partial charge in [-0.2, -0.15) is 0 Å². The van der Waals surface area contributed by atoms with E-state index in [-0.39, 0.29) is 12.6 Å². The van der Waals surface area contributed by atoms with Gasteiger partial charge in [-0.15, -0.1) is 0 Å². The molecule has 0 aromatic carbocycles. The Balaban J connectivity index is 2.57. The van der Waals surface area contributed by atoms with Crippen LogP contribution < -0.4 is 5.32 Å². The number of methoxy groups -OCH3 is 1. The normalized spacial score (nSPS) is 12.5. The van der Waals surface area contributed by atoms with E-state index in [0.717, 1.165) is 10.4 Å². The molecule has 1 aromatic heterocycles. The van der Waals surface area contributed by atoms with Crippen LogP contribution in [0.15, 0.2) is 22.8 Å². The predicted octanol–water partition coefficient (Wildman–Crippen LogP) is 1.26. The van der Waals surface area contributed by atoms with Crippen LogP contribution in [-0.2, 0) is 4.74 Å². The molecule has 1 unspecified atom stereocenters. The van der Waals surface area contributed by atoms with Crippen LogP contribution in [0.3, 0.4) is 0 Å². The lowest BCUT2D eigenvalue weighted by atomic mass is 10.3. The lowest BCUT2D eigenvalue weighted by Gasteiger charge is -2.15. The smallest absolute Gasteiger partial charge is 0.127 e. The predicted molar refractivity (Wildman–Crippen MR) is 58.3 cm³/mol. The monoisotopic (exact) mass is 260 g/mol. The molecule has 78 valence electrons. The summed E-state index contributed by atoms with van der Waals surface area (Å²) in [6, 6.07) is 5.43. The minimum absolute atomic E-state index is 0.0159. The SMILES string of the molecule is COCC(CO)Nc1cccc(Br)n1. The molecule has 0 radical (unpaired) electrons. The molecule has 2 N–H and O–H groups in total. The number of aliphatic hydroxyl groups is 1. The maximum Gasteiger partial charge on any atom is 0.127 e. The number of nitrogens with zero attached hydrogens (tertiary/aromatic N) is 1. The Labute approximate surface area is 91.4 Å². The summed E-state index contributed by atoms with van der Waals surface area (Å²) >= 11 is 3.27. The number of halogens is 1. The summed E-state index contributed by atoms with van der Waals surface area (Å²) in [4.78, 5) is 4.18. The largest absolute Gasteiger partial charge is 0.394 e. The van der Waals surface area contributed by atoms with Crippen molar-refractivity contribution < 1.29 is 9.84 Å². The van der Waals surface area contributed by atoms with E-state index < -0.39 is 0 Å². The van der Waals surface area contributed by atoms with Gasteiger partial charge in [-0.1, -0.05) is 6.07 Å². The topological polar surface area (TPSA) is 54.4 Å². The number of anilines is 1. The van der Waals surface area contributed by atoms with Gasteiger partial charge in [0.25, 0.3) is 0 Å². The summed E-state index contributed by atoms with van der Waals surface area (Å²) in [5.41, 5.74) is 0. The van der Waals surface area contributed by atoms with Crippen LogP contribution in [-0.4, -0.2) is 36.5 Å². The van der Waals surface area contributed by atoms with Gasteiger partial charge in [0, 0.05) is 7.11 Å². The molecule has 0 spiro atoms. The van der Waals surface area contributed by atoms with Crippen molar-refractivity contribution in [3.63, 3.8) is 0 Å². The first-order chi connectivity index (χ1) is 6.76. The quantitative estimate of drug-likeness (QED) is 0.783. The van der Waals surface area contributed by atoms with Crippen molar-refractivity contribution >= 4 is 21.7 Å². The molecule has 14 heavy (non-hydrogen) atoms. The van der Waals surface area contributed by atoms with E-state index in [0.29, 0.717) is 6.61 Å². The van der Waals surface area contributed by atoms with Gasteiger partial charge in [-0.05, 0) is 28.1 Å².